The van der Waals surface area contributed by atoms with Gasteiger partial charge in [-0.3, -0.25) is 14.6 Å². The molecule has 2 N–H and O–H groups in total. The molecular weight excluding hydrogens is 232 g/mol. The number of hydrogen-bond acceptors (Lipinski definition) is 3. The molecule has 0 aliphatic heterocycles. The number of carbonyl (C=O) groups is 2. The third-order valence-corrected chi connectivity index (χ3v) is 3.37. The number of aliphatic carboxylic acids is 1. The summed E-state index contributed by atoms with van der Waals surface area (Å²) in [6.45, 7) is 1.81. The number of aryl methyl sites for hydroxylation is 1. The minimum Gasteiger partial charge on any atom is -0.481 e. The van der Waals surface area contributed by atoms with Crippen molar-refractivity contribution in [1.82, 2.24) is 10.3 Å². The molecule has 1 fully saturated rings. The summed E-state index contributed by atoms with van der Waals surface area (Å²) in [5.41, 5.74) is 1.16. The van der Waals surface area contributed by atoms with Gasteiger partial charge in [0.1, 0.15) is 5.69 Å². The quantitative estimate of drug-likeness (QED) is 0.846. The standard InChI is InChI=1S/C13H16N2O3/c1-8-4-3-7-14-11(8)12(16)15-10-6-2-5-9(10)13(17)18/h3-4,7,9-10H,2,5-6H2,1H3,(H,15,16)(H,17,18)/t9-,10+/m0/s1. The van der Waals surface area contributed by atoms with Crippen molar-refractivity contribution < 1.29 is 14.7 Å². The topological polar surface area (TPSA) is 79.3 Å². The van der Waals surface area contributed by atoms with Gasteiger partial charge in [-0.2, -0.15) is 0 Å². The van der Waals surface area contributed by atoms with E-state index in [2.05, 4.69) is 10.3 Å². The minimum atomic E-state index is -0.837. The Hall–Kier alpha value is -1.91. The fourth-order valence-electron chi connectivity index (χ4n) is 2.39. The van der Waals surface area contributed by atoms with Gasteiger partial charge in [0.25, 0.3) is 5.91 Å². The molecule has 0 spiro atoms. The fourth-order valence-corrected chi connectivity index (χ4v) is 2.39. The number of aromatic nitrogens is 1. The van der Waals surface area contributed by atoms with Gasteiger partial charge in [0.15, 0.2) is 0 Å². The lowest BCUT2D eigenvalue weighted by Gasteiger charge is -2.17. The van der Waals surface area contributed by atoms with E-state index in [9.17, 15) is 9.59 Å². The number of carboxylic acids is 1. The second kappa shape index (κ2) is 5.16. The van der Waals surface area contributed by atoms with E-state index in [0.717, 1.165) is 12.0 Å². The number of nitrogens with zero attached hydrogens (tertiary/aromatic N) is 1. The van der Waals surface area contributed by atoms with Crippen molar-refractivity contribution in [3.05, 3.63) is 29.6 Å². The molecule has 0 saturated heterocycles. The highest BCUT2D eigenvalue weighted by Gasteiger charge is 2.34. The lowest BCUT2D eigenvalue weighted by molar-refractivity contribution is -0.142. The molecule has 2 atom stereocenters. The fraction of sp³-hybridized carbons (Fsp3) is 0.462. The number of hydrogen-bond donors (Lipinski definition) is 2. The van der Waals surface area contributed by atoms with Crippen LogP contribution in [0.5, 0.6) is 0 Å². The highest BCUT2D eigenvalue weighted by molar-refractivity contribution is 5.94. The molecule has 0 bridgehead atoms. The zero-order chi connectivity index (χ0) is 13.1. The first kappa shape index (κ1) is 12.5. The summed E-state index contributed by atoms with van der Waals surface area (Å²) in [6, 6.07) is 3.30. The summed E-state index contributed by atoms with van der Waals surface area (Å²) in [5, 5.41) is 11.8. The van der Waals surface area contributed by atoms with Gasteiger partial charge >= 0.3 is 5.97 Å². The van der Waals surface area contributed by atoms with Gasteiger partial charge < -0.3 is 10.4 Å². The van der Waals surface area contributed by atoms with E-state index >= 15 is 0 Å². The van der Waals surface area contributed by atoms with Crippen molar-refractivity contribution in [1.29, 1.82) is 0 Å². The maximum atomic E-state index is 12.0. The normalized spacial score (nSPS) is 22.7. The van der Waals surface area contributed by atoms with Gasteiger partial charge in [0.05, 0.1) is 5.92 Å². The average molecular weight is 248 g/mol. The lowest BCUT2D eigenvalue weighted by atomic mass is 10.0. The predicted molar refractivity (Wildman–Crippen MR) is 65.2 cm³/mol. The molecule has 5 nitrogen and oxygen atoms in total. The summed E-state index contributed by atoms with van der Waals surface area (Å²) < 4.78 is 0. The van der Waals surface area contributed by atoms with Crippen LogP contribution >= 0.6 is 0 Å². The average Bonchev–Trinajstić information content (AvgIpc) is 2.77. The van der Waals surface area contributed by atoms with Crippen molar-refractivity contribution in [2.24, 2.45) is 5.92 Å². The Kier molecular flexibility index (Phi) is 3.60. The Labute approximate surface area is 105 Å². The van der Waals surface area contributed by atoms with Crippen LogP contribution in [0.1, 0.15) is 35.3 Å². The number of carboxylic acid groups (broad SMARTS) is 1. The van der Waals surface area contributed by atoms with Gasteiger partial charge in [0.2, 0.25) is 0 Å². The molecule has 18 heavy (non-hydrogen) atoms. The summed E-state index contributed by atoms with van der Waals surface area (Å²) in [5.74, 6) is -1.60. The Morgan fingerprint density at radius 3 is 2.89 bits per heavy atom. The molecule has 2 rings (SSSR count). The first-order valence-corrected chi connectivity index (χ1v) is 6.05. The van der Waals surface area contributed by atoms with Gasteiger partial charge in [-0.15, -0.1) is 0 Å². The monoisotopic (exact) mass is 248 g/mol. The van der Waals surface area contributed by atoms with Gasteiger partial charge in [-0.05, 0) is 31.4 Å². The molecule has 1 aliphatic rings. The summed E-state index contributed by atoms with van der Waals surface area (Å²) >= 11 is 0. The highest BCUT2D eigenvalue weighted by Crippen LogP contribution is 2.26. The van der Waals surface area contributed by atoms with Crippen LogP contribution in [0, 0.1) is 12.8 Å². The SMILES string of the molecule is Cc1cccnc1C(=O)N[C@@H]1CCC[C@@H]1C(=O)O. The summed E-state index contributed by atoms with van der Waals surface area (Å²) in [6.07, 6.45) is 3.74. The largest absolute Gasteiger partial charge is 0.481 e. The second-order valence-corrected chi connectivity index (χ2v) is 4.62. The molecule has 1 amide bonds. The number of amides is 1. The number of carbonyl (C=O) groups excluding carboxylic acids is 1. The maximum absolute atomic E-state index is 12.0. The van der Waals surface area contributed by atoms with Crippen LogP contribution in [0.3, 0.4) is 0 Å². The van der Waals surface area contributed by atoms with E-state index in [1.807, 2.05) is 13.0 Å². The van der Waals surface area contributed by atoms with Crippen LogP contribution in [0.4, 0.5) is 0 Å². The van der Waals surface area contributed by atoms with Crippen LogP contribution in [0.15, 0.2) is 18.3 Å². The number of nitrogens with one attached hydrogen (secondary N) is 1. The Morgan fingerprint density at radius 1 is 1.44 bits per heavy atom. The molecular formula is C13H16N2O3. The molecule has 1 heterocycles. The zero-order valence-corrected chi connectivity index (χ0v) is 10.2. The Balaban J connectivity index is 2.08. The van der Waals surface area contributed by atoms with E-state index in [1.54, 1.807) is 12.3 Å². The molecule has 0 radical (unpaired) electrons. The first-order chi connectivity index (χ1) is 8.59. The van der Waals surface area contributed by atoms with Crippen molar-refractivity contribution in [2.45, 2.75) is 32.2 Å². The molecule has 5 heteroatoms. The zero-order valence-electron chi connectivity index (χ0n) is 10.2. The van der Waals surface area contributed by atoms with Gasteiger partial charge in [0, 0.05) is 12.2 Å². The van der Waals surface area contributed by atoms with Crippen LogP contribution in [0.2, 0.25) is 0 Å². The summed E-state index contributed by atoms with van der Waals surface area (Å²) in [7, 11) is 0. The lowest BCUT2D eigenvalue weighted by Crippen LogP contribution is -2.40. The van der Waals surface area contributed by atoms with E-state index in [4.69, 9.17) is 5.11 Å². The molecule has 1 aromatic heterocycles. The van der Waals surface area contributed by atoms with Crippen molar-refractivity contribution in [2.75, 3.05) is 0 Å². The molecule has 0 unspecified atom stereocenters. The van der Waals surface area contributed by atoms with E-state index in [0.29, 0.717) is 18.5 Å². The van der Waals surface area contributed by atoms with Crippen LogP contribution in [-0.4, -0.2) is 28.0 Å². The van der Waals surface area contributed by atoms with Crippen molar-refractivity contribution in [3.63, 3.8) is 0 Å². The molecule has 1 aliphatic carbocycles. The maximum Gasteiger partial charge on any atom is 0.308 e. The Morgan fingerprint density at radius 2 is 2.22 bits per heavy atom. The van der Waals surface area contributed by atoms with E-state index in [1.165, 1.54) is 0 Å². The smallest absolute Gasteiger partial charge is 0.308 e. The molecule has 0 aromatic carbocycles. The highest BCUT2D eigenvalue weighted by atomic mass is 16.4. The third kappa shape index (κ3) is 2.50. The van der Waals surface area contributed by atoms with Crippen LogP contribution in [0.25, 0.3) is 0 Å². The summed E-state index contributed by atoms with van der Waals surface area (Å²) in [4.78, 5) is 27.1. The van der Waals surface area contributed by atoms with E-state index < -0.39 is 11.9 Å². The van der Waals surface area contributed by atoms with Crippen LogP contribution in [-0.2, 0) is 4.79 Å². The molecule has 1 saturated carbocycles. The van der Waals surface area contributed by atoms with Gasteiger partial charge in [-0.1, -0.05) is 12.5 Å². The second-order valence-electron chi connectivity index (χ2n) is 4.62. The van der Waals surface area contributed by atoms with Crippen LogP contribution < -0.4 is 5.32 Å². The number of pyridine rings is 1. The Bertz CT molecular complexity index is 473. The van der Waals surface area contributed by atoms with E-state index in [-0.39, 0.29) is 11.9 Å². The van der Waals surface area contributed by atoms with Crippen molar-refractivity contribution in [3.8, 4) is 0 Å². The minimum absolute atomic E-state index is 0.281. The number of rotatable bonds is 3. The third-order valence-electron chi connectivity index (χ3n) is 3.37. The molecule has 1 aromatic rings. The first-order valence-electron chi connectivity index (χ1n) is 6.05. The van der Waals surface area contributed by atoms with Gasteiger partial charge in [-0.25, -0.2) is 0 Å². The van der Waals surface area contributed by atoms with Crippen molar-refractivity contribution >= 4 is 11.9 Å². The molecule has 96 valence electrons. The predicted octanol–water partition coefficient (Wildman–Crippen LogP) is 1.37.